The summed E-state index contributed by atoms with van der Waals surface area (Å²) in [6.07, 6.45) is 6.07. The van der Waals surface area contributed by atoms with Gasteiger partial charge in [-0.25, -0.2) is 0 Å². The number of rotatable bonds is 5. The number of anilines is 1. The fourth-order valence-corrected chi connectivity index (χ4v) is 3.23. The van der Waals surface area contributed by atoms with E-state index >= 15 is 0 Å². The highest BCUT2D eigenvalue weighted by Gasteiger charge is 2.19. The van der Waals surface area contributed by atoms with Crippen molar-refractivity contribution in [3.8, 4) is 0 Å². The number of piperidine rings is 1. The van der Waals surface area contributed by atoms with E-state index in [1.165, 1.54) is 49.2 Å². The van der Waals surface area contributed by atoms with E-state index in [-0.39, 0.29) is 0 Å². The largest absolute Gasteiger partial charge is 0.371 e. The first-order valence-corrected chi connectivity index (χ1v) is 8.24. The molecule has 1 aliphatic rings. The summed E-state index contributed by atoms with van der Waals surface area (Å²) in [5, 5.41) is 0. The van der Waals surface area contributed by atoms with E-state index in [1.807, 2.05) is 0 Å². The average Bonchev–Trinajstić information content (AvgIpc) is 2.47. The summed E-state index contributed by atoms with van der Waals surface area (Å²) >= 11 is 0. The molecule has 1 heterocycles. The first-order valence-electron chi connectivity index (χ1n) is 8.24. The van der Waals surface area contributed by atoms with E-state index in [0.29, 0.717) is 6.04 Å². The smallest absolute Gasteiger partial charge is 0.0396 e. The number of aryl methyl sites for hydroxylation is 1. The molecule has 1 fully saturated rings. The molecule has 0 radical (unpaired) electrons. The molecule has 0 amide bonds. The third-order valence-corrected chi connectivity index (χ3v) is 4.82. The molecule has 2 heteroatoms. The van der Waals surface area contributed by atoms with Crippen LogP contribution in [-0.4, -0.2) is 19.1 Å². The maximum absolute atomic E-state index is 6.06. The molecule has 1 aliphatic heterocycles. The van der Waals surface area contributed by atoms with Crippen LogP contribution < -0.4 is 10.6 Å². The normalized spacial score (nSPS) is 18.3. The Kier molecular flexibility index (Phi) is 5.47. The van der Waals surface area contributed by atoms with Gasteiger partial charge in [-0.3, -0.25) is 0 Å². The topological polar surface area (TPSA) is 29.3 Å². The minimum Gasteiger partial charge on any atom is -0.371 e. The van der Waals surface area contributed by atoms with Gasteiger partial charge in [0.05, 0.1) is 0 Å². The molecule has 0 saturated carbocycles. The average molecular weight is 274 g/mol. The van der Waals surface area contributed by atoms with Crippen LogP contribution in [0.3, 0.4) is 0 Å². The Balaban J connectivity index is 2.03. The van der Waals surface area contributed by atoms with Crippen LogP contribution in [0.4, 0.5) is 5.69 Å². The van der Waals surface area contributed by atoms with Crippen molar-refractivity contribution in [1.82, 2.24) is 0 Å². The van der Waals surface area contributed by atoms with Crippen LogP contribution >= 0.6 is 0 Å². The van der Waals surface area contributed by atoms with Gasteiger partial charge in [-0.05, 0) is 55.7 Å². The quantitative estimate of drug-likeness (QED) is 0.882. The molecule has 1 saturated heterocycles. The number of hydrogen-bond acceptors (Lipinski definition) is 2. The van der Waals surface area contributed by atoms with Gasteiger partial charge in [-0.15, -0.1) is 0 Å². The molecule has 2 nitrogen and oxygen atoms in total. The van der Waals surface area contributed by atoms with Crippen molar-refractivity contribution >= 4 is 5.69 Å². The van der Waals surface area contributed by atoms with Gasteiger partial charge in [-0.2, -0.15) is 0 Å². The molecule has 1 unspecified atom stereocenters. The van der Waals surface area contributed by atoms with Crippen molar-refractivity contribution in [2.45, 2.75) is 58.9 Å². The predicted molar refractivity (Wildman–Crippen MR) is 88.4 cm³/mol. The lowest BCUT2D eigenvalue weighted by Crippen LogP contribution is -2.33. The summed E-state index contributed by atoms with van der Waals surface area (Å²) in [6.45, 7) is 9.14. The number of benzene rings is 1. The van der Waals surface area contributed by atoms with Crippen molar-refractivity contribution in [1.29, 1.82) is 0 Å². The summed E-state index contributed by atoms with van der Waals surface area (Å²) in [4.78, 5) is 2.56. The first kappa shape index (κ1) is 15.4. The molecule has 1 aromatic rings. The van der Waals surface area contributed by atoms with E-state index in [0.717, 1.165) is 18.8 Å². The van der Waals surface area contributed by atoms with E-state index in [1.54, 1.807) is 0 Å². The Hall–Kier alpha value is -1.02. The molecule has 1 aromatic carbocycles. The Bertz CT molecular complexity index is 419. The van der Waals surface area contributed by atoms with Gasteiger partial charge >= 0.3 is 0 Å². The van der Waals surface area contributed by atoms with Crippen LogP contribution in [0.25, 0.3) is 0 Å². The van der Waals surface area contributed by atoms with E-state index in [9.17, 15) is 0 Å². The minimum atomic E-state index is 0.292. The van der Waals surface area contributed by atoms with Crippen molar-refractivity contribution < 1.29 is 0 Å². The van der Waals surface area contributed by atoms with Gasteiger partial charge in [0, 0.05) is 24.8 Å². The molecule has 0 aromatic heterocycles. The summed E-state index contributed by atoms with van der Waals surface area (Å²) in [5.41, 5.74) is 10.3. The van der Waals surface area contributed by atoms with Crippen molar-refractivity contribution in [3.63, 3.8) is 0 Å². The van der Waals surface area contributed by atoms with Crippen LogP contribution in [0, 0.1) is 12.8 Å². The highest BCUT2D eigenvalue weighted by Crippen LogP contribution is 2.28. The third kappa shape index (κ3) is 3.76. The van der Waals surface area contributed by atoms with Gasteiger partial charge < -0.3 is 10.6 Å². The Labute approximate surface area is 124 Å². The van der Waals surface area contributed by atoms with Crippen molar-refractivity contribution in [2.75, 3.05) is 18.0 Å². The van der Waals surface area contributed by atoms with Crippen LogP contribution in [0.5, 0.6) is 0 Å². The molecule has 2 N–H and O–H groups in total. The second-order valence-electron chi connectivity index (χ2n) is 6.33. The van der Waals surface area contributed by atoms with Gasteiger partial charge in [-0.1, -0.05) is 32.4 Å². The third-order valence-electron chi connectivity index (χ3n) is 4.82. The zero-order valence-corrected chi connectivity index (χ0v) is 13.4. The highest BCUT2D eigenvalue weighted by atomic mass is 15.1. The van der Waals surface area contributed by atoms with Crippen LogP contribution in [0.2, 0.25) is 0 Å². The summed E-state index contributed by atoms with van der Waals surface area (Å²) in [6, 6.07) is 7.19. The molecule has 0 spiro atoms. The molecular formula is C18H30N2. The Morgan fingerprint density at radius 2 is 1.95 bits per heavy atom. The number of hydrogen-bond donors (Lipinski definition) is 1. The summed E-state index contributed by atoms with van der Waals surface area (Å²) in [5.74, 6) is 0.938. The van der Waals surface area contributed by atoms with Gasteiger partial charge in [0.15, 0.2) is 0 Å². The predicted octanol–water partition coefficient (Wildman–Crippen LogP) is 3.90. The first-order chi connectivity index (χ1) is 9.63. The van der Waals surface area contributed by atoms with Gasteiger partial charge in [0.25, 0.3) is 0 Å². The molecule has 0 bridgehead atoms. The van der Waals surface area contributed by atoms with Gasteiger partial charge in [0.2, 0.25) is 0 Å². The fourth-order valence-electron chi connectivity index (χ4n) is 3.23. The maximum atomic E-state index is 6.06. The molecular weight excluding hydrogens is 244 g/mol. The van der Waals surface area contributed by atoms with Gasteiger partial charge in [0.1, 0.15) is 0 Å². The molecule has 1 atom stereocenters. The molecule has 112 valence electrons. The number of nitrogens with two attached hydrogens (primary N) is 1. The number of nitrogens with zero attached hydrogens (tertiary/aromatic N) is 1. The maximum Gasteiger partial charge on any atom is 0.0396 e. The Morgan fingerprint density at radius 3 is 2.50 bits per heavy atom. The molecule has 0 aliphatic carbocycles. The lowest BCUT2D eigenvalue weighted by atomic mass is 9.93. The van der Waals surface area contributed by atoms with Crippen LogP contribution in [-0.2, 0) is 6.42 Å². The molecule has 20 heavy (non-hydrogen) atoms. The Morgan fingerprint density at radius 1 is 1.25 bits per heavy atom. The van der Waals surface area contributed by atoms with E-state index < -0.39 is 0 Å². The van der Waals surface area contributed by atoms with Crippen molar-refractivity contribution in [2.24, 2.45) is 11.7 Å². The lowest BCUT2D eigenvalue weighted by Gasteiger charge is -2.34. The van der Waals surface area contributed by atoms with Crippen LogP contribution in [0.1, 0.15) is 50.7 Å². The summed E-state index contributed by atoms with van der Waals surface area (Å²) in [7, 11) is 0. The van der Waals surface area contributed by atoms with E-state index in [4.69, 9.17) is 5.73 Å². The minimum absolute atomic E-state index is 0.292. The summed E-state index contributed by atoms with van der Waals surface area (Å²) < 4.78 is 0. The monoisotopic (exact) mass is 274 g/mol. The van der Waals surface area contributed by atoms with Crippen LogP contribution in [0.15, 0.2) is 18.2 Å². The standard InChI is InChI=1S/C18H30N2/c1-4-15-8-10-20(11-9-15)18-7-6-16(12-14(18)3)13-17(19)5-2/h6-7,12,15,17H,4-5,8-11,13,19H2,1-3H3. The molecule has 2 rings (SSSR count). The SMILES string of the molecule is CCC(N)Cc1ccc(N2CCC(CC)CC2)c(C)c1. The zero-order valence-electron chi connectivity index (χ0n) is 13.4. The van der Waals surface area contributed by atoms with E-state index in [2.05, 4.69) is 43.9 Å². The second-order valence-corrected chi connectivity index (χ2v) is 6.33. The second kappa shape index (κ2) is 7.12. The fraction of sp³-hybridized carbons (Fsp3) is 0.667. The lowest BCUT2D eigenvalue weighted by molar-refractivity contribution is 0.395. The van der Waals surface area contributed by atoms with Crippen molar-refractivity contribution in [3.05, 3.63) is 29.3 Å². The highest BCUT2D eigenvalue weighted by molar-refractivity contribution is 5.54. The zero-order chi connectivity index (χ0) is 14.5.